The van der Waals surface area contributed by atoms with Gasteiger partial charge in [-0.05, 0) is 24.9 Å². The molecule has 0 aliphatic carbocycles. The van der Waals surface area contributed by atoms with E-state index in [-0.39, 0.29) is 12.4 Å². The topological polar surface area (TPSA) is 49.3 Å². The minimum atomic E-state index is -0.755. The van der Waals surface area contributed by atoms with E-state index in [4.69, 9.17) is 5.11 Å². The Morgan fingerprint density at radius 1 is 1.35 bits per heavy atom. The molecule has 1 aromatic carbocycles. The van der Waals surface area contributed by atoms with E-state index in [1.54, 1.807) is 0 Å². The standard InChI is InChI=1S/C13H19NO2.ClH/c1-2-6-12(13(15)16)14-10-9-11-7-4-3-5-8-11;/h3-5,7-8,12,14H,2,6,9-10H2,1H3,(H,15,16);1H. The van der Waals surface area contributed by atoms with Crippen LogP contribution in [0.2, 0.25) is 0 Å². The van der Waals surface area contributed by atoms with Gasteiger partial charge in [-0.2, -0.15) is 0 Å². The van der Waals surface area contributed by atoms with Crippen LogP contribution in [0.1, 0.15) is 25.3 Å². The van der Waals surface area contributed by atoms with Crippen molar-refractivity contribution in [3.8, 4) is 0 Å². The summed E-state index contributed by atoms with van der Waals surface area (Å²) >= 11 is 0. The van der Waals surface area contributed by atoms with Gasteiger partial charge in [0, 0.05) is 0 Å². The van der Waals surface area contributed by atoms with E-state index in [0.717, 1.165) is 12.8 Å². The minimum absolute atomic E-state index is 0. The Morgan fingerprint density at radius 3 is 2.53 bits per heavy atom. The average Bonchev–Trinajstić information content (AvgIpc) is 2.29. The number of carboxylic acids is 1. The highest BCUT2D eigenvalue weighted by atomic mass is 35.5. The van der Waals surface area contributed by atoms with Gasteiger partial charge in [0.1, 0.15) is 6.04 Å². The number of aliphatic carboxylic acids is 1. The first-order valence-corrected chi connectivity index (χ1v) is 5.74. The summed E-state index contributed by atoms with van der Waals surface area (Å²) in [5, 5.41) is 12.0. The van der Waals surface area contributed by atoms with Gasteiger partial charge in [-0.1, -0.05) is 43.7 Å². The predicted octanol–water partition coefficient (Wildman–Crippen LogP) is 2.49. The van der Waals surface area contributed by atoms with Crippen LogP contribution in [0, 0.1) is 0 Å². The molecule has 0 saturated heterocycles. The summed E-state index contributed by atoms with van der Waals surface area (Å²) in [6, 6.07) is 9.67. The molecular weight excluding hydrogens is 238 g/mol. The molecule has 0 saturated carbocycles. The number of carbonyl (C=O) groups is 1. The van der Waals surface area contributed by atoms with Crippen molar-refractivity contribution in [2.75, 3.05) is 6.54 Å². The Hall–Kier alpha value is -1.06. The van der Waals surface area contributed by atoms with Gasteiger partial charge in [-0.25, -0.2) is 0 Å². The summed E-state index contributed by atoms with van der Waals surface area (Å²) < 4.78 is 0. The van der Waals surface area contributed by atoms with Crippen molar-refractivity contribution in [1.82, 2.24) is 5.32 Å². The number of benzene rings is 1. The number of carboxylic acid groups (broad SMARTS) is 1. The number of halogens is 1. The van der Waals surface area contributed by atoms with Gasteiger partial charge in [0.15, 0.2) is 0 Å². The molecule has 0 aromatic heterocycles. The minimum Gasteiger partial charge on any atom is -0.480 e. The molecule has 1 aromatic rings. The van der Waals surface area contributed by atoms with E-state index in [9.17, 15) is 4.79 Å². The molecule has 96 valence electrons. The highest BCUT2D eigenvalue weighted by Crippen LogP contribution is 2.00. The molecule has 1 unspecified atom stereocenters. The summed E-state index contributed by atoms with van der Waals surface area (Å²) in [5.41, 5.74) is 1.23. The van der Waals surface area contributed by atoms with Crippen molar-refractivity contribution in [1.29, 1.82) is 0 Å². The third kappa shape index (κ3) is 6.29. The van der Waals surface area contributed by atoms with E-state index in [1.165, 1.54) is 5.56 Å². The lowest BCUT2D eigenvalue weighted by atomic mass is 10.1. The summed E-state index contributed by atoms with van der Waals surface area (Å²) in [4.78, 5) is 10.9. The predicted molar refractivity (Wildman–Crippen MR) is 71.7 cm³/mol. The van der Waals surface area contributed by atoms with Crippen LogP contribution in [0.4, 0.5) is 0 Å². The summed E-state index contributed by atoms with van der Waals surface area (Å²) in [7, 11) is 0. The third-order valence-corrected chi connectivity index (χ3v) is 2.52. The quantitative estimate of drug-likeness (QED) is 0.789. The molecule has 0 spiro atoms. The molecule has 17 heavy (non-hydrogen) atoms. The average molecular weight is 258 g/mol. The maximum Gasteiger partial charge on any atom is 0.320 e. The molecule has 2 N–H and O–H groups in total. The van der Waals surface area contributed by atoms with E-state index < -0.39 is 12.0 Å². The molecule has 1 rings (SSSR count). The molecule has 0 aliphatic heterocycles. The molecule has 0 bridgehead atoms. The van der Waals surface area contributed by atoms with Crippen molar-refractivity contribution in [3.05, 3.63) is 35.9 Å². The molecule has 1 atom stereocenters. The third-order valence-electron chi connectivity index (χ3n) is 2.52. The molecule has 0 amide bonds. The second-order valence-electron chi connectivity index (χ2n) is 3.87. The number of hydrogen-bond donors (Lipinski definition) is 2. The zero-order valence-electron chi connectivity index (χ0n) is 10.1. The maximum atomic E-state index is 10.9. The van der Waals surface area contributed by atoms with Gasteiger partial charge in [0.2, 0.25) is 0 Å². The first-order valence-electron chi connectivity index (χ1n) is 5.74. The number of hydrogen-bond acceptors (Lipinski definition) is 2. The normalized spacial score (nSPS) is 11.6. The van der Waals surface area contributed by atoms with Gasteiger partial charge in [0.05, 0.1) is 0 Å². The van der Waals surface area contributed by atoms with Crippen LogP contribution < -0.4 is 5.32 Å². The summed E-state index contributed by atoms with van der Waals surface area (Å²) in [5.74, 6) is -0.755. The van der Waals surface area contributed by atoms with Crippen LogP contribution >= 0.6 is 12.4 Å². The van der Waals surface area contributed by atoms with Crippen LogP contribution in [-0.4, -0.2) is 23.7 Å². The van der Waals surface area contributed by atoms with Crippen LogP contribution in [0.5, 0.6) is 0 Å². The Labute approximate surface area is 109 Å². The first-order chi connectivity index (χ1) is 7.74. The Bertz CT molecular complexity index is 316. The van der Waals surface area contributed by atoms with Gasteiger partial charge >= 0.3 is 5.97 Å². The van der Waals surface area contributed by atoms with Crippen LogP contribution in [0.3, 0.4) is 0 Å². The summed E-state index contributed by atoms with van der Waals surface area (Å²) in [6.45, 7) is 2.70. The molecule has 3 nitrogen and oxygen atoms in total. The largest absolute Gasteiger partial charge is 0.480 e. The van der Waals surface area contributed by atoms with Gasteiger partial charge in [0.25, 0.3) is 0 Å². The molecular formula is C13H20ClNO2. The Kier molecular flexibility index (Phi) is 8.46. The van der Waals surface area contributed by atoms with Gasteiger partial charge in [-0.3, -0.25) is 4.79 Å². The molecule has 0 heterocycles. The maximum absolute atomic E-state index is 10.9. The SMILES string of the molecule is CCCC(NCCc1ccccc1)C(=O)O.Cl. The molecule has 0 radical (unpaired) electrons. The van der Waals surface area contributed by atoms with Crippen molar-refractivity contribution in [2.24, 2.45) is 0 Å². The second kappa shape index (κ2) is 9.02. The number of rotatable bonds is 7. The lowest BCUT2D eigenvalue weighted by molar-refractivity contribution is -0.139. The Balaban J connectivity index is 0.00000256. The molecule has 0 aliphatic rings. The molecule has 0 fully saturated rings. The van der Waals surface area contributed by atoms with E-state index in [1.807, 2.05) is 25.1 Å². The van der Waals surface area contributed by atoms with Gasteiger partial charge in [-0.15, -0.1) is 12.4 Å². The lowest BCUT2D eigenvalue weighted by Gasteiger charge is -2.13. The Morgan fingerprint density at radius 2 is 2.00 bits per heavy atom. The zero-order valence-corrected chi connectivity index (χ0v) is 10.9. The van der Waals surface area contributed by atoms with Crippen molar-refractivity contribution in [3.63, 3.8) is 0 Å². The monoisotopic (exact) mass is 257 g/mol. The highest BCUT2D eigenvalue weighted by molar-refractivity contribution is 5.85. The molecule has 4 heteroatoms. The van der Waals surface area contributed by atoms with Crippen molar-refractivity contribution in [2.45, 2.75) is 32.2 Å². The second-order valence-corrected chi connectivity index (χ2v) is 3.87. The number of nitrogens with one attached hydrogen (secondary N) is 1. The van der Waals surface area contributed by atoms with E-state index in [0.29, 0.717) is 13.0 Å². The van der Waals surface area contributed by atoms with Crippen molar-refractivity contribution < 1.29 is 9.90 Å². The zero-order chi connectivity index (χ0) is 11.8. The van der Waals surface area contributed by atoms with Crippen LogP contribution in [0.15, 0.2) is 30.3 Å². The van der Waals surface area contributed by atoms with Crippen LogP contribution in [0.25, 0.3) is 0 Å². The fourth-order valence-electron chi connectivity index (χ4n) is 1.64. The van der Waals surface area contributed by atoms with Gasteiger partial charge < -0.3 is 10.4 Å². The van der Waals surface area contributed by atoms with Crippen molar-refractivity contribution >= 4 is 18.4 Å². The van der Waals surface area contributed by atoms with E-state index in [2.05, 4.69) is 17.4 Å². The lowest BCUT2D eigenvalue weighted by Crippen LogP contribution is -2.37. The van der Waals surface area contributed by atoms with E-state index >= 15 is 0 Å². The summed E-state index contributed by atoms with van der Waals surface area (Å²) in [6.07, 6.45) is 2.44. The fraction of sp³-hybridized carbons (Fsp3) is 0.462. The first kappa shape index (κ1) is 15.9. The highest BCUT2D eigenvalue weighted by Gasteiger charge is 2.14. The van der Waals surface area contributed by atoms with Crippen LogP contribution in [-0.2, 0) is 11.2 Å². The smallest absolute Gasteiger partial charge is 0.320 e. The fourth-order valence-corrected chi connectivity index (χ4v) is 1.64.